The summed E-state index contributed by atoms with van der Waals surface area (Å²) in [6.07, 6.45) is 0. The Morgan fingerprint density at radius 3 is 2.44 bits per heavy atom. The number of thiophene rings is 1. The summed E-state index contributed by atoms with van der Waals surface area (Å²) >= 11 is 4.82. The molecule has 0 unspecified atom stereocenters. The van der Waals surface area contributed by atoms with Crippen molar-refractivity contribution in [2.45, 2.75) is 11.4 Å². The van der Waals surface area contributed by atoms with Gasteiger partial charge in [-0.3, -0.25) is 0 Å². The van der Waals surface area contributed by atoms with E-state index in [1.54, 1.807) is 0 Å². The summed E-state index contributed by atoms with van der Waals surface area (Å²) < 4.78 is 27.3. The van der Waals surface area contributed by atoms with Gasteiger partial charge in [-0.05, 0) is 51.6 Å². The Morgan fingerprint density at radius 2 is 1.89 bits per heavy atom. The highest BCUT2D eigenvalue weighted by atomic mass is 79.9. The van der Waals surface area contributed by atoms with Crippen LogP contribution >= 0.6 is 27.3 Å². The molecular weight excluding hydrogens is 338 g/mol. The fourth-order valence-electron chi connectivity index (χ4n) is 1.32. The zero-order valence-corrected chi connectivity index (χ0v) is 12.3. The Morgan fingerprint density at radius 1 is 1.22 bits per heavy atom. The van der Waals surface area contributed by atoms with E-state index in [1.807, 2.05) is 11.4 Å². The van der Waals surface area contributed by atoms with Crippen LogP contribution in [0.4, 0.5) is 0 Å². The van der Waals surface area contributed by atoms with Crippen molar-refractivity contribution in [2.75, 3.05) is 0 Å². The number of hydrogen-bond donors (Lipinski definition) is 2. The molecular formula is C11H10BrNO3S2. The van der Waals surface area contributed by atoms with E-state index in [-0.39, 0.29) is 17.2 Å². The van der Waals surface area contributed by atoms with Gasteiger partial charge in [-0.15, -0.1) is 11.3 Å². The van der Waals surface area contributed by atoms with Gasteiger partial charge in [0, 0.05) is 15.9 Å². The molecule has 1 aromatic carbocycles. The first-order chi connectivity index (χ1) is 8.49. The lowest BCUT2D eigenvalue weighted by atomic mass is 10.3. The topological polar surface area (TPSA) is 66.4 Å². The quantitative estimate of drug-likeness (QED) is 0.893. The van der Waals surface area contributed by atoms with Crippen LogP contribution in [0.3, 0.4) is 0 Å². The second-order valence-corrected chi connectivity index (χ2v) is 7.13. The van der Waals surface area contributed by atoms with Crippen LogP contribution in [0.1, 0.15) is 4.88 Å². The summed E-state index contributed by atoms with van der Waals surface area (Å²) in [5.41, 5.74) is 0. The molecule has 96 valence electrons. The van der Waals surface area contributed by atoms with Crippen LogP contribution in [-0.4, -0.2) is 13.5 Å². The second kappa shape index (κ2) is 5.40. The second-order valence-electron chi connectivity index (χ2n) is 3.51. The SMILES string of the molecule is O=S(=O)(NCc1sccc1Br)c1ccc(O)cc1. The lowest BCUT2D eigenvalue weighted by Crippen LogP contribution is -2.22. The van der Waals surface area contributed by atoms with Crippen molar-refractivity contribution >= 4 is 37.3 Å². The maximum atomic E-state index is 11.9. The molecule has 0 aliphatic heterocycles. The molecule has 18 heavy (non-hydrogen) atoms. The molecule has 7 heteroatoms. The van der Waals surface area contributed by atoms with Gasteiger partial charge in [0.2, 0.25) is 10.0 Å². The smallest absolute Gasteiger partial charge is 0.240 e. The van der Waals surface area contributed by atoms with Crippen molar-refractivity contribution in [3.63, 3.8) is 0 Å². The highest BCUT2D eigenvalue weighted by Gasteiger charge is 2.14. The molecule has 0 atom stereocenters. The molecule has 1 aromatic heterocycles. The lowest BCUT2D eigenvalue weighted by molar-refractivity contribution is 0.474. The fraction of sp³-hybridized carbons (Fsp3) is 0.0909. The third-order valence-electron chi connectivity index (χ3n) is 2.26. The summed E-state index contributed by atoms with van der Waals surface area (Å²) in [6.45, 7) is 0.238. The van der Waals surface area contributed by atoms with Gasteiger partial charge in [-0.1, -0.05) is 0 Å². The van der Waals surface area contributed by atoms with E-state index in [0.29, 0.717) is 0 Å². The summed E-state index contributed by atoms with van der Waals surface area (Å²) in [6, 6.07) is 7.28. The van der Waals surface area contributed by atoms with Gasteiger partial charge in [0.05, 0.1) is 4.90 Å². The van der Waals surface area contributed by atoms with Crippen LogP contribution in [0.2, 0.25) is 0 Å². The molecule has 2 aromatic rings. The Balaban J connectivity index is 2.13. The normalized spacial score (nSPS) is 11.6. The van der Waals surface area contributed by atoms with Crippen LogP contribution in [0.25, 0.3) is 0 Å². The third kappa shape index (κ3) is 3.11. The number of nitrogens with one attached hydrogen (secondary N) is 1. The van der Waals surface area contributed by atoms with Gasteiger partial charge in [0.25, 0.3) is 0 Å². The van der Waals surface area contributed by atoms with Gasteiger partial charge in [0.1, 0.15) is 5.75 Å². The van der Waals surface area contributed by atoms with E-state index in [9.17, 15) is 8.42 Å². The first kappa shape index (κ1) is 13.5. The molecule has 0 fully saturated rings. The molecule has 0 amide bonds. The standard InChI is InChI=1S/C11H10BrNO3S2/c12-10-5-6-17-11(10)7-13-18(15,16)9-3-1-8(14)2-4-9/h1-6,13-14H,7H2. The maximum absolute atomic E-state index is 11.9. The number of phenolic OH excluding ortho intramolecular Hbond substituents is 1. The van der Waals surface area contributed by atoms with Crippen LogP contribution < -0.4 is 4.72 Å². The zero-order chi connectivity index (χ0) is 13.2. The Bertz CT molecular complexity index is 635. The van der Waals surface area contributed by atoms with Crippen molar-refractivity contribution < 1.29 is 13.5 Å². The number of phenols is 1. The zero-order valence-electron chi connectivity index (χ0n) is 9.13. The highest BCUT2D eigenvalue weighted by molar-refractivity contribution is 9.10. The molecule has 0 aliphatic rings. The van der Waals surface area contributed by atoms with E-state index in [4.69, 9.17) is 5.11 Å². The van der Waals surface area contributed by atoms with Crippen molar-refractivity contribution in [3.05, 3.63) is 45.1 Å². The first-order valence-electron chi connectivity index (χ1n) is 4.99. The summed E-state index contributed by atoms with van der Waals surface area (Å²) in [5.74, 6) is 0.0370. The number of halogens is 1. The van der Waals surface area contributed by atoms with Gasteiger partial charge in [-0.2, -0.15) is 0 Å². The average molecular weight is 348 g/mol. The number of sulfonamides is 1. The van der Waals surface area contributed by atoms with Gasteiger partial charge >= 0.3 is 0 Å². The number of aromatic hydroxyl groups is 1. The molecule has 0 spiro atoms. The predicted octanol–water partition coefficient (Wildman–Crippen LogP) is 2.69. The van der Waals surface area contributed by atoms with Crippen molar-refractivity contribution in [1.82, 2.24) is 4.72 Å². The van der Waals surface area contributed by atoms with Crippen molar-refractivity contribution in [2.24, 2.45) is 0 Å². The van der Waals surface area contributed by atoms with E-state index < -0.39 is 10.0 Å². The minimum absolute atomic E-state index is 0.0370. The van der Waals surface area contributed by atoms with E-state index in [1.165, 1.54) is 35.6 Å². The Hall–Kier alpha value is -0.890. The molecule has 0 saturated heterocycles. The molecule has 2 N–H and O–H groups in total. The number of hydrogen-bond acceptors (Lipinski definition) is 4. The molecule has 0 radical (unpaired) electrons. The van der Waals surface area contributed by atoms with Crippen molar-refractivity contribution in [3.8, 4) is 5.75 Å². The maximum Gasteiger partial charge on any atom is 0.240 e. The minimum Gasteiger partial charge on any atom is -0.508 e. The first-order valence-corrected chi connectivity index (χ1v) is 8.15. The van der Waals surface area contributed by atoms with Crippen LogP contribution in [0.15, 0.2) is 45.1 Å². The number of benzene rings is 1. The minimum atomic E-state index is -3.55. The summed E-state index contributed by atoms with van der Waals surface area (Å²) in [5, 5.41) is 11.0. The molecule has 4 nitrogen and oxygen atoms in total. The van der Waals surface area contributed by atoms with Gasteiger partial charge in [-0.25, -0.2) is 13.1 Å². The summed E-state index contributed by atoms with van der Waals surface area (Å²) in [4.78, 5) is 1.05. The van der Waals surface area contributed by atoms with Gasteiger partial charge < -0.3 is 5.11 Å². The predicted molar refractivity (Wildman–Crippen MR) is 74.2 cm³/mol. The number of rotatable bonds is 4. The van der Waals surface area contributed by atoms with E-state index in [2.05, 4.69) is 20.7 Å². The van der Waals surface area contributed by atoms with Gasteiger partial charge in [0.15, 0.2) is 0 Å². The van der Waals surface area contributed by atoms with Crippen LogP contribution in [0.5, 0.6) is 5.75 Å². The highest BCUT2D eigenvalue weighted by Crippen LogP contribution is 2.23. The Kier molecular flexibility index (Phi) is 4.06. The fourth-order valence-corrected chi connectivity index (χ4v) is 3.84. The largest absolute Gasteiger partial charge is 0.508 e. The monoisotopic (exact) mass is 347 g/mol. The third-order valence-corrected chi connectivity index (χ3v) is 5.60. The molecule has 0 bridgehead atoms. The molecule has 0 aliphatic carbocycles. The van der Waals surface area contributed by atoms with E-state index >= 15 is 0 Å². The van der Waals surface area contributed by atoms with Crippen LogP contribution in [-0.2, 0) is 16.6 Å². The lowest BCUT2D eigenvalue weighted by Gasteiger charge is -2.06. The van der Waals surface area contributed by atoms with E-state index in [0.717, 1.165) is 9.35 Å². The average Bonchev–Trinajstić information content (AvgIpc) is 2.73. The molecule has 2 rings (SSSR count). The Labute approximate surface area is 117 Å². The summed E-state index contributed by atoms with van der Waals surface area (Å²) in [7, 11) is -3.55. The van der Waals surface area contributed by atoms with Crippen molar-refractivity contribution in [1.29, 1.82) is 0 Å². The molecule has 0 saturated carbocycles. The van der Waals surface area contributed by atoms with Crippen LogP contribution in [0, 0.1) is 0 Å². The molecule has 1 heterocycles.